The molecule has 206 valence electrons. The predicted octanol–water partition coefficient (Wildman–Crippen LogP) is 4.13. The molecule has 2 unspecified atom stereocenters. The van der Waals surface area contributed by atoms with Crippen LogP contribution in [0.2, 0.25) is 0 Å². The Kier molecular flexibility index (Phi) is 8.43. The van der Waals surface area contributed by atoms with Crippen molar-refractivity contribution in [3.63, 3.8) is 0 Å². The summed E-state index contributed by atoms with van der Waals surface area (Å²) in [4.78, 5) is 45.6. The van der Waals surface area contributed by atoms with Crippen molar-refractivity contribution in [3.05, 3.63) is 61.2 Å². The lowest BCUT2D eigenvalue weighted by molar-refractivity contribution is -0.154. The number of esters is 1. The number of likely N-dealkylation sites (tertiary alicyclic amines) is 1. The monoisotopic (exact) mass is 540 g/mol. The van der Waals surface area contributed by atoms with Gasteiger partial charge in [0.15, 0.2) is 0 Å². The molecular formula is C30H40N2O5S. The number of rotatable bonds is 11. The number of fused-ring (bicyclic) bond motifs is 1. The number of amides is 2. The molecule has 2 bridgehead atoms. The van der Waals surface area contributed by atoms with Gasteiger partial charge < -0.3 is 19.6 Å². The lowest BCUT2D eigenvalue weighted by Gasteiger charge is -2.43. The summed E-state index contributed by atoms with van der Waals surface area (Å²) < 4.78 is 4.89. The molecule has 3 aliphatic heterocycles. The maximum atomic E-state index is 14.5. The van der Waals surface area contributed by atoms with Gasteiger partial charge in [-0.2, -0.15) is 0 Å². The lowest BCUT2D eigenvalue weighted by Crippen LogP contribution is -2.59. The first-order chi connectivity index (χ1) is 18.1. The van der Waals surface area contributed by atoms with Crippen LogP contribution in [0.4, 0.5) is 0 Å². The second-order valence-electron chi connectivity index (χ2n) is 11.4. The van der Waals surface area contributed by atoms with Crippen molar-refractivity contribution in [1.29, 1.82) is 0 Å². The summed E-state index contributed by atoms with van der Waals surface area (Å²) >= 11 is 1.61. The van der Waals surface area contributed by atoms with Crippen molar-refractivity contribution < 1.29 is 24.2 Å². The molecule has 0 aromatic heterocycles. The molecule has 8 heteroatoms. The van der Waals surface area contributed by atoms with Gasteiger partial charge in [0.2, 0.25) is 11.8 Å². The standard InChI is InChI=1S/C30H40N2O5S/c1-6-8-12-18-37-28(36)23-22-15-16-30(38-22)24(23)26(34)32(21(19-33)20-13-10-9-11-14-20)25(30)27(35)31(17-7-2)29(3,4)5/h6-7,9-11,13-14,21-25,33H,1-2,8,12,15-19H2,3-5H3/t21-,22+,23-,24+,25?,30?/m1/s1. The van der Waals surface area contributed by atoms with Crippen molar-refractivity contribution in [2.45, 2.75) is 74.1 Å². The minimum absolute atomic E-state index is 0.0694. The van der Waals surface area contributed by atoms with E-state index in [2.05, 4.69) is 13.2 Å². The van der Waals surface area contributed by atoms with Crippen LogP contribution in [0.1, 0.15) is 58.1 Å². The van der Waals surface area contributed by atoms with Gasteiger partial charge in [0.1, 0.15) is 6.04 Å². The molecule has 1 N–H and O–H groups in total. The van der Waals surface area contributed by atoms with Gasteiger partial charge in [-0.3, -0.25) is 14.4 Å². The highest BCUT2D eigenvalue weighted by Gasteiger charge is 2.75. The number of carbonyl (C=O) groups is 3. The number of carbonyl (C=O) groups excluding carboxylic acids is 3. The molecular weight excluding hydrogens is 500 g/mol. The predicted molar refractivity (Wildman–Crippen MR) is 149 cm³/mol. The molecule has 4 rings (SSSR count). The average molecular weight is 541 g/mol. The van der Waals surface area contributed by atoms with E-state index in [0.717, 1.165) is 18.4 Å². The molecule has 1 spiro atoms. The molecule has 3 heterocycles. The molecule has 0 radical (unpaired) electrons. The third-order valence-corrected chi connectivity index (χ3v) is 10.1. The van der Waals surface area contributed by atoms with Crippen LogP contribution in [-0.4, -0.2) is 74.0 Å². The van der Waals surface area contributed by atoms with E-state index in [4.69, 9.17) is 4.74 Å². The van der Waals surface area contributed by atoms with Gasteiger partial charge in [-0.25, -0.2) is 0 Å². The largest absolute Gasteiger partial charge is 0.465 e. The van der Waals surface area contributed by atoms with Gasteiger partial charge in [-0.05, 0) is 52.0 Å². The van der Waals surface area contributed by atoms with Crippen molar-refractivity contribution >= 4 is 29.5 Å². The fourth-order valence-corrected chi connectivity index (χ4v) is 8.66. The van der Waals surface area contributed by atoms with Crippen molar-refractivity contribution in [3.8, 4) is 0 Å². The van der Waals surface area contributed by atoms with Crippen LogP contribution >= 0.6 is 11.8 Å². The fourth-order valence-electron chi connectivity index (χ4n) is 6.47. The number of aliphatic hydroxyl groups is 1. The smallest absolute Gasteiger partial charge is 0.310 e. The third kappa shape index (κ3) is 4.81. The van der Waals surface area contributed by atoms with Gasteiger partial charge in [-0.15, -0.1) is 24.9 Å². The van der Waals surface area contributed by atoms with E-state index in [1.165, 1.54) is 0 Å². The number of hydrogen-bond acceptors (Lipinski definition) is 6. The van der Waals surface area contributed by atoms with Gasteiger partial charge in [-0.1, -0.05) is 42.5 Å². The highest BCUT2D eigenvalue weighted by Crippen LogP contribution is 2.67. The number of benzene rings is 1. The maximum Gasteiger partial charge on any atom is 0.310 e. The highest BCUT2D eigenvalue weighted by atomic mass is 32.2. The zero-order chi connectivity index (χ0) is 27.7. The van der Waals surface area contributed by atoms with Crippen molar-refractivity contribution in [2.24, 2.45) is 11.8 Å². The van der Waals surface area contributed by atoms with Crippen LogP contribution in [0.15, 0.2) is 55.6 Å². The fraction of sp³-hybridized carbons (Fsp3) is 0.567. The van der Waals surface area contributed by atoms with Gasteiger partial charge in [0, 0.05) is 17.3 Å². The van der Waals surface area contributed by atoms with E-state index in [0.29, 0.717) is 19.4 Å². The Morgan fingerprint density at radius 3 is 2.58 bits per heavy atom. The minimum atomic E-state index is -0.815. The lowest BCUT2D eigenvalue weighted by atomic mass is 9.71. The quantitative estimate of drug-likeness (QED) is 0.258. The van der Waals surface area contributed by atoms with Crippen molar-refractivity contribution in [1.82, 2.24) is 9.80 Å². The Balaban J connectivity index is 1.78. The number of thioether (sulfide) groups is 1. The van der Waals surface area contributed by atoms with E-state index in [1.54, 1.807) is 33.7 Å². The van der Waals surface area contributed by atoms with Crippen LogP contribution in [0.3, 0.4) is 0 Å². The first kappa shape index (κ1) is 28.4. The van der Waals surface area contributed by atoms with Crippen LogP contribution in [-0.2, 0) is 19.1 Å². The number of hydrogen-bond donors (Lipinski definition) is 1. The SMILES string of the molecule is C=CCCCOC(=O)[C@@H]1[C@@H]2CCC3(S2)C(C(=O)N(CC=C)C(C)(C)C)N([C@H](CO)c2ccccc2)C(=O)[C@H]13. The Bertz CT molecular complexity index is 1070. The summed E-state index contributed by atoms with van der Waals surface area (Å²) in [5.74, 6) is -2.06. The summed E-state index contributed by atoms with van der Waals surface area (Å²) in [7, 11) is 0. The molecule has 0 saturated carbocycles. The highest BCUT2D eigenvalue weighted by molar-refractivity contribution is 8.02. The van der Waals surface area contributed by atoms with Crippen LogP contribution in [0.25, 0.3) is 0 Å². The Morgan fingerprint density at radius 2 is 1.97 bits per heavy atom. The van der Waals surface area contributed by atoms with E-state index < -0.39 is 34.2 Å². The molecule has 3 saturated heterocycles. The van der Waals surface area contributed by atoms with E-state index in [-0.39, 0.29) is 36.2 Å². The first-order valence-corrected chi connectivity index (χ1v) is 14.4. The second kappa shape index (κ2) is 11.3. The maximum absolute atomic E-state index is 14.5. The third-order valence-electron chi connectivity index (χ3n) is 8.12. The number of nitrogens with zero attached hydrogens (tertiary/aromatic N) is 2. The molecule has 1 aromatic carbocycles. The van der Waals surface area contributed by atoms with Crippen molar-refractivity contribution in [2.75, 3.05) is 19.8 Å². The van der Waals surface area contributed by atoms with Crippen LogP contribution < -0.4 is 0 Å². The molecule has 3 aliphatic rings. The van der Waals surface area contributed by atoms with E-state index in [1.807, 2.05) is 51.1 Å². The normalized spacial score (nSPS) is 28.6. The van der Waals surface area contributed by atoms with Gasteiger partial charge in [0.25, 0.3) is 0 Å². The topological polar surface area (TPSA) is 87.2 Å². The molecule has 1 aromatic rings. The summed E-state index contributed by atoms with van der Waals surface area (Å²) in [6.45, 7) is 13.7. The van der Waals surface area contributed by atoms with Gasteiger partial charge >= 0.3 is 5.97 Å². The molecule has 6 atom stereocenters. The van der Waals surface area contributed by atoms with E-state index in [9.17, 15) is 19.5 Å². The number of unbranched alkanes of at least 4 members (excludes halogenated alkanes) is 1. The van der Waals surface area contributed by atoms with Gasteiger partial charge in [0.05, 0.1) is 35.8 Å². The second-order valence-corrected chi connectivity index (χ2v) is 13.0. The molecule has 2 amide bonds. The Morgan fingerprint density at radius 1 is 1.26 bits per heavy atom. The zero-order valence-corrected chi connectivity index (χ0v) is 23.5. The molecule has 3 fully saturated rings. The Labute approximate surface area is 230 Å². The number of allylic oxidation sites excluding steroid dienone is 1. The van der Waals surface area contributed by atoms with Crippen LogP contribution in [0.5, 0.6) is 0 Å². The summed E-state index contributed by atoms with van der Waals surface area (Å²) in [6.07, 6.45) is 6.30. The average Bonchev–Trinajstić information content (AvgIpc) is 3.53. The summed E-state index contributed by atoms with van der Waals surface area (Å²) in [5.41, 5.74) is 0.243. The summed E-state index contributed by atoms with van der Waals surface area (Å²) in [5, 5.41) is 10.5. The number of aliphatic hydroxyl groups excluding tert-OH is 1. The van der Waals surface area contributed by atoms with Crippen LogP contribution in [0, 0.1) is 11.8 Å². The number of ether oxygens (including phenoxy) is 1. The molecule has 0 aliphatic carbocycles. The molecule has 38 heavy (non-hydrogen) atoms. The Hall–Kier alpha value is -2.58. The zero-order valence-electron chi connectivity index (χ0n) is 22.7. The minimum Gasteiger partial charge on any atom is -0.465 e. The summed E-state index contributed by atoms with van der Waals surface area (Å²) in [6, 6.07) is 7.80. The molecule has 7 nitrogen and oxygen atoms in total. The first-order valence-electron chi connectivity index (χ1n) is 13.5. The van der Waals surface area contributed by atoms with E-state index >= 15 is 0 Å².